The first kappa shape index (κ1) is 19.6. The van der Waals surface area contributed by atoms with Crippen LogP contribution in [-0.4, -0.2) is 25.4 Å². The quantitative estimate of drug-likeness (QED) is 0.695. The first-order valence-electron chi connectivity index (χ1n) is 7.48. The van der Waals surface area contributed by atoms with Crippen molar-refractivity contribution in [2.45, 2.75) is 46.3 Å². The molecule has 0 radical (unpaired) electrons. The van der Waals surface area contributed by atoms with Crippen LogP contribution in [-0.2, 0) is 11.3 Å². The number of benzene rings is 1. The van der Waals surface area contributed by atoms with Crippen LogP contribution in [0.2, 0.25) is 0 Å². The molecule has 0 atom stereocenters. The lowest BCUT2D eigenvalue weighted by atomic mass is 10.2. The van der Waals surface area contributed by atoms with Gasteiger partial charge in [0.15, 0.2) is 11.5 Å². The Hall–Kier alpha value is -1.47. The van der Waals surface area contributed by atoms with Crippen LogP contribution in [0.3, 0.4) is 0 Å². The molecule has 1 rings (SSSR count). The van der Waals surface area contributed by atoms with Crippen LogP contribution in [0, 0.1) is 0 Å². The number of nitrogens with one attached hydrogen (secondary N) is 2. The van der Waals surface area contributed by atoms with Crippen LogP contribution in [0.25, 0.3) is 0 Å². The number of hydrogen-bond donors (Lipinski definition) is 2. The van der Waals surface area contributed by atoms with E-state index in [1.165, 1.54) is 0 Å². The van der Waals surface area contributed by atoms with Crippen molar-refractivity contribution in [3.05, 3.63) is 22.2 Å². The van der Waals surface area contributed by atoms with Crippen LogP contribution < -0.4 is 20.3 Å². The van der Waals surface area contributed by atoms with Crippen LogP contribution in [0.4, 0.5) is 4.79 Å². The Morgan fingerprint density at radius 2 is 2.00 bits per heavy atom. The number of hydrazine groups is 1. The summed E-state index contributed by atoms with van der Waals surface area (Å²) in [6.45, 7) is 8.51. The second-order valence-electron chi connectivity index (χ2n) is 5.94. The Balaban J connectivity index is 2.64. The molecule has 0 aromatic heterocycles. The maximum Gasteiger partial charge on any atom is 0.422 e. The SMILES string of the molecule is CCCOc1c(Br)cc(CNNC(=O)OC(C)(C)C)cc1OC. The van der Waals surface area contributed by atoms with Gasteiger partial charge in [-0.15, -0.1) is 0 Å². The molecule has 1 aromatic carbocycles. The van der Waals surface area contributed by atoms with Crippen LogP contribution in [0.5, 0.6) is 11.5 Å². The van der Waals surface area contributed by atoms with Gasteiger partial charge in [-0.3, -0.25) is 5.43 Å². The van der Waals surface area contributed by atoms with E-state index in [-0.39, 0.29) is 0 Å². The monoisotopic (exact) mass is 388 g/mol. The van der Waals surface area contributed by atoms with Gasteiger partial charge >= 0.3 is 6.09 Å². The van der Waals surface area contributed by atoms with Crippen molar-refractivity contribution in [2.75, 3.05) is 13.7 Å². The number of carbonyl (C=O) groups excluding carboxylic acids is 1. The van der Waals surface area contributed by atoms with Gasteiger partial charge in [0.05, 0.1) is 18.2 Å². The molecule has 0 saturated heterocycles. The maximum atomic E-state index is 11.6. The second-order valence-corrected chi connectivity index (χ2v) is 6.79. The lowest BCUT2D eigenvalue weighted by molar-refractivity contribution is 0.0497. The molecule has 0 bridgehead atoms. The summed E-state index contributed by atoms with van der Waals surface area (Å²) in [5, 5.41) is 0. The number of rotatable bonds is 7. The predicted molar refractivity (Wildman–Crippen MR) is 92.7 cm³/mol. The zero-order valence-electron chi connectivity index (χ0n) is 14.3. The van der Waals surface area contributed by atoms with E-state index in [9.17, 15) is 4.79 Å². The fourth-order valence-electron chi connectivity index (χ4n) is 1.74. The second kappa shape index (κ2) is 8.98. The largest absolute Gasteiger partial charge is 0.493 e. The number of amides is 1. The van der Waals surface area contributed by atoms with E-state index in [2.05, 4.69) is 26.8 Å². The molecule has 0 aliphatic heterocycles. The standard InChI is InChI=1S/C16H25BrN2O4/c1-6-7-22-14-12(17)8-11(9-13(14)21-5)10-18-19-15(20)23-16(2,3)4/h8-9,18H,6-7,10H2,1-5H3,(H,19,20). The van der Waals surface area contributed by atoms with Gasteiger partial charge in [-0.25, -0.2) is 10.2 Å². The average Bonchev–Trinajstić information content (AvgIpc) is 2.43. The maximum absolute atomic E-state index is 11.6. The molecule has 130 valence electrons. The normalized spacial score (nSPS) is 11.0. The zero-order chi connectivity index (χ0) is 17.5. The first-order valence-corrected chi connectivity index (χ1v) is 8.27. The van der Waals surface area contributed by atoms with Crippen LogP contribution >= 0.6 is 15.9 Å². The highest BCUT2D eigenvalue weighted by molar-refractivity contribution is 9.10. The molecule has 0 heterocycles. The summed E-state index contributed by atoms with van der Waals surface area (Å²) in [6.07, 6.45) is 0.394. The average molecular weight is 389 g/mol. The summed E-state index contributed by atoms with van der Waals surface area (Å²) >= 11 is 3.48. The Labute approximate surface area is 146 Å². The van der Waals surface area contributed by atoms with E-state index >= 15 is 0 Å². The Morgan fingerprint density at radius 1 is 1.30 bits per heavy atom. The molecule has 0 fully saturated rings. The van der Waals surface area contributed by atoms with Crippen molar-refractivity contribution in [1.29, 1.82) is 0 Å². The molecule has 23 heavy (non-hydrogen) atoms. The minimum absolute atomic E-state index is 0.419. The van der Waals surface area contributed by atoms with Crippen molar-refractivity contribution in [2.24, 2.45) is 0 Å². The summed E-state index contributed by atoms with van der Waals surface area (Å²) in [5.41, 5.74) is 5.71. The first-order chi connectivity index (χ1) is 10.8. The number of halogens is 1. The predicted octanol–water partition coefficient (Wildman–Crippen LogP) is 3.78. The lowest BCUT2D eigenvalue weighted by Crippen LogP contribution is -2.40. The Morgan fingerprint density at radius 3 is 2.57 bits per heavy atom. The van der Waals surface area contributed by atoms with Crippen LogP contribution in [0.1, 0.15) is 39.7 Å². The summed E-state index contributed by atoms with van der Waals surface area (Å²) in [7, 11) is 1.59. The number of hydrogen-bond acceptors (Lipinski definition) is 5. The fourth-order valence-corrected chi connectivity index (χ4v) is 2.35. The van der Waals surface area contributed by atoms with E-state index in [4.69, 9.17) is 14.2 Å². The van der Waals surface area contributed by atoms with Crippen molar-refractivity contribution in [3.8, 4) is 11.5 Å². The third-order valence-electron chi connectivity index (χ3n) is 2.62. The van der Waals surface area contributed by atoms with Gasteiger partial charge < -0.3 is 14.2 Å². The molecule has 2 N–H and O–H groups in total. The van der Waals surface area contributed by atoms with Gasteiger partial charge in [-0.2, -0.15) is 0 Å². The van der Waals surface area contributed by atoms with Crippen molar-refractivity contribution in [3.63, 3.8) is 0 Å². The summed E-state index contributed by atoms with van der Waals surface area (Å²) in [5.74, 6) is 1.32. The third-order valence-corrected chi connectivity index (χ3v) is 3.21. The minimum atomic E-state index is -0.531. The van der Waals surface area contributed by atoms with Crippen molar-refractivity contribution in [1.82, 2.24) is 10.9 Å². The summed E-state index contributed by atoms with van der Waals surface area (Å²) in [4.78, 5) is 11.6. The molecule has 0 unspecified atom stereocenters. The smallest absolute Gasteiger partial charge is 0.422 e. The molecular formula is C16H25BrN2O4. The van der Waals surface area contributed by atoms with Gasteiger partial charge in [0.25, 0.3) is 0 Å². The summed E-state index contributed by atoms with van der Waals surface area (Å²) < 4.78 is 17.0. The number of ether oxygens (including phenoxy) is 3. The number of carbonyl (C=O) groups is 1. The topological polar surface area (TPSA) is 68.8 Å². The minimum Gasteiger partial charge on any atom is -0.493 e. The Kier molecular flexibility index (Phi) is 7.64. The molecule has 7 heteroatoms. The van der Waals surface area contributed by atoms with E-state index in [1.807, 2.05) is 39.8 Å². The van der Waals surface area contributed by atoms with Gasteiger partial charge in [0.2, 0.25) is 0 Å². The van der Waals surface area contributed by atoms with Crippen LogP contribution in [0.15, 0.2) is 16.6 Å². The summed E-state index contributed by atoms with van der Waals surface area (Å²) in [6, 6.07) is 3.77. The molecule has 1 amide bonds. The van der Waals surface area contributed by atoms with Crippen molar-refractivity contribution < 1.29 is 19.0 Å². The Bertz CT molecular complexity index is 530. The molecule has 0 aliphatic carbocycles. The van der Waals surface area contributed by atoms with E-state index in [0.29, 0.717) is 24.7 Å². The molecule has 0 spiro atoms. The van der Waals surface area contributed by atoms with Gasteiger partial charge in [-0.1, -0.05) is 6.92 Å². The van der Waals surface area contributed by atoms with Gasteiger partial charge in [0.1, 0.15) is 5.60 Å². The lowest BCUT2D eigenvalue weighted by Gasteiger charge is -2.20. The molecule has 1 aromatic rings. The highest BCUT2D eigenvalue weighted by Crippen LogP contribution is 2.36. The highest BCUT2D eigenvalue weighted by atomic mass is 79.9. The van der Waals surface area contributed by atoms with Gasteiger partial charge in [-0.05, 0) is 60.8 Å². The van der Waals surface area contributed by atoms with E-state index in [0.717, 1.165) is 16.5 Å². The zero-order valence-corrected chi connectivity index (χ0v) is 15.9. The van der Waals surface area contributed by atoms with Crippen molar-refractivity contribution >= 4 is 22.0 Å². The fraction of sp³-hybridized carbons (Fsp3) is 0.562. The third kappa shape index (κ3) is 7.09. The van der Waals surface area contributed by atoms with E-state index in [1.54, 1.807) is 7.11 Å². The highest BCUT2D eigenvalue weighted by Gasteiger charge is 2.16. The van der Waals surface area contributed by atoms with Gasteiger partial charge in [0, 0.05) is 6.54 Å². The molecule has 0 aliphatic rings. The molecule has 0 saturated carbocycles. The van der Waals surface area contributed by atoms with E-state index < -0.39 is 11.7 Å². The molecule has 6 nitrogen and oxygen atoms in total. The number of methoxy groups -OCH3 is 1. The molecular weight excluding hydrogens is 364 g/mol.